The van der Waals surface area contributed by atoms with Gasteiger partial charge in [-0.3, -0.25) is 0 Å². The van der Waals surface area contributed by atoms with Crippen LogP contribution in [0.4, 0.5) is 0 Å². The topological polar surface area (TPSA) is 61.2 Å². The van der Waals surface area contributed by atoms with E-state index in [1.54, 1.807) is 37.3 Å². The average molecular weight is 287 g/mol. The normalized spacial score (nSPS) is 15.1. The highest BCUT2D eigenvalue weighted by atomic mass is 35.5. The molecule has 4 nitrogen and oxygen atoms in total. The first kappa shape index (κ1) is 15.0. The van der Waals surface area contributed by atoms with Gasteiger partial charge in [-0.15, -0.1) is 0 Å². The van der Waals surface area contributed by atoms with Crippen molar-refractivity contribution in [3.05, 3.63) is 34.9 Å². The standard InChI is InChI=1S/C12H15ClN2O2S/c1-9(8-14)18(16,17)15(3)10(2)11-6-4-5-7-12(11)13/h4-7,9-10H,1-3H3. The molecule has 0 aromatic heterocycles. The molecule has 18 heavy (non-hydrogen) atoms. The molecule has 0 saturated carbocycles. The van der Waals surface area contributed by atoms with Gasteiger partial charge in [0.1, 0.15) is 0 Å². The Labute approximate surface area is 113 Å². The zero-order valence-electron chi connectivity index (χ0n) is 10.5. The molecule has 0 saturated heterocycles. The highest BCUT2D eigenvalue weighted by Gasteiger charge is 2.30. The van der Waals surface area contributed by atoms with Gasteiger partial charge in [0.2, 0.25) is 10.0 Å². The minimum absolute atomic E-state index is 0.417. The van der Waals surface area contributed by atoms with Crippen LogP contribution in [0.25, 0.3) is 0 Å². The lowest BCUT2D eigenvalue weighted by Crippen LogP contribution is -2.35. The summed E-state index contributed by atoms with van der Waals surface area (Å²) < 4.78 is 25.3. The van der Waals surface area contributed by atoms with E-state index >= 15 is 0 Å². The third-order valence-corrected chi connectivity index (χ3v) is 5.39. The Kier molecular flexibility index (Phi) is 4.74. The lowest BCUT2D eigenvalue weighted by Gasteiger charge is -2.26. The zero-order valence-corrected chi connectivity index (χ0v) is 12.0. The van der Waals surface area contributed by atoms with Crippen LogP contribution in [0.1, 0.15) is 25.5 Å². The molecule has 2 atom stereocenters. The molecule has 1 aromatic rings. The molecule has 0 N–H and O–H groups in total. The van der Waals surface area contributed by atoms with E-state index in [4.69, 9.17) is 16.9 Å². The third kappa shape index (κ3) is 2.83. The molecule has 6 heteroatoms. The Balaban J connectivity index is 3.10. The Hall–Kier alpha value is -1.09. The molecular formula is C12H15ClN2O2S. The number of nitrogens with zero attached hydrogens (tertiary/aromatic N) is 2. The van der Waals surface area contributed by atoms with Crippen LogP contribution in [0.15, 0.2) is 24.3 Å². The molecule has 0 radical (unpaired) electrons. The second kappa shape index (κ2) is 5.70. The summed E-state index contributed by atoms with van der Waals surface area (Å²) in [5, 5.41) is 8.18. The van der Waals surface area contributed by atoms with Crippen LogP contribution < -0.4 is 0 Å². The summed E-state index contributed by atoms with van der Waals surface area (Å²) in [5.41, 5.74) is 0.718. The van der Waals surface area contributed by atoms with E-state index < -0.39 is 21.3 Å². The van der Waals surface area contributed by atoms with Gasteiger partial charge in [-0.25, -0.2) is 8.42 Å². The van der Waals surface area contributed by atoms with Crippen LogP contribution in [0, 0.1) is 11.3 Å². The molecule has 0 aliphatic heterocycles. The molecule has 0 bridgehead atoms. The molecule has 1 rings (SSSR count). The summed E-state index contributed by atoms with van der Waals surface area (Å²) in [6, 6.07) is 8.39. The van der Waals surface area contributed by atoms with Crippen molar-refractivity contribution in [3.63, 3.8) is 0 Å². The summed E-state index contributed by atoms with van der Waals surface area (Å²) in [6.45, 7) is 3.11. The van der Waals surface area contributed by atoms with Crippen molar-refractivity contribution in [2.45, 2.75) is 25.1 Å². The Morgan fingerprint density at radius 2 is 1.89 bits per heavy atom. The summed E-state index contributed by atoms with van der Waals surface area (Å²) >= 11 is 6.04. The van der Waals surface area contributed by atoms with E-state index in [-0.39, 0.29) is 0 Å². The fourth-order valence-electron chi connectivity index (χ4n) is 1.55. The molecule has 0 spiro atoms. The number of halogens is 1. The summed E-state index contributed by atoms with van der Waals surface area (Å²) in [4.78, 5) is 0. The summed E-state index contributed by atoms with van der Waals surface area (Å²) in [6.07, 6.45) is 0. The fourth-order valence-corrected chi connectivity index (χ4v) is 3.03. The molecule has 1 aromatic carbocycles. The molecule has 0 aliphatic carbocycles. The number of benzene rings is 1. The number of nitriles is 1. The van der Waals surface area contributed by atoms with Gasteiger partial charge in [0.05, 0.1) is 6.07 Å². The highest BCUT2D eigenvalue weighted by Crippen LogP contribution is 2.28. The van der Waals surface area contributed by atoms with Crippen LogP contribution in [-0.2, 0) is 10.0 Å². The third-order valence-electron chi connectivity index (χ3n) is 2.93. The van der Waals surface area contributed by atoms with E-state index in [1.807, 2.05) is 0 Å². The predicted octanol–water partition coefficient (Wildman–Crippen LogP) is 2.57. The number of hydrogen-bond acceptors (Lipinski definition) is 3. The van der Waals surface area contributed by atoms with E-state index in [0.717, 1.165) is 5.56 Å². The highest BCUT2D eigenvalue weighted by molar-refractivity contribution is 7.89. The van der Waals surface area contributed by atoms with Crippen molar-refractivity contribution in [1.82, 2.24) is 4.31 Å². The van der Waals surface area contributed by atoms with Crippen LogP contribution in [-0.4, -0.2) is 25.0 Å². The van der Waals surface area contributed by atoms with E-state index in [0.29, 0.717) is 5.02 Å². The monoisotopic (exact) mass is 286 g/mol. The summed E-state index contributed by atoms with van der Waals surface area (Å²) in [7, 11) is -2.18. The summed E-state index contributed by atoms with van der Waals surface area (Å²) in [5.74, 6) is 0. The van der Waals surface area contributed by atoms with Crippen LogP contribution in [0.3, 0.4) is 0 Å². The minimum atomic E-state index is -3.64. The van der Waals surface area contributed by atoms with Gasteiger partial charge in [-0.1, -0.05) is 29.8 Å². The van der Waals surface area contributed by atoms with E-state index in [1.165, 1.54) is 18.3 Å². The second-order valence-electron chi connectivity index (χ2n) is 4.03. The van der Waals surface area contributed by atoms with Gasteiger partial charge in [-0.05, 0) is 25.5 Å². The minimum Gasteiger partial charge on any atom is -0.211 e. The zero-order chi connectivity index (χ0) is 13.9. The van der Waals surface area contributed by atoms with Gasteiger partial charge in [0.25, 0.3) is 0 Å². The molecule has 98 valence electrons. The molecule has 0 fully saturated rings. The van der Waals surface area contributed by atoms with Gasteiger partial charge >= 0.3 is 0 Å². The number of rotatable bonds is 4. The maximum atomic E-state index is 12.0. The average Bonchev–Trinajstić information content (AvgIpc) is 2.36. The van der Waals surface area contributed by atoms with Crippen molar-refractivity contribution in [2.24, 2.45) is 0 Å². The van der Waals surface area contributed by atoms with Gasteiger partial charge in [-0.2, -0.15) is 9.57 Å². The predicted molar refractivity (Wildman–Crippen MR) is 71.6 cm³/mol. The Morgan fingerprint density at radius 1 is 1.33 bits per heavy atom. The molecule has 0 aliphatic rings. The van der Waals surface area contributed by atoms with Gasteiger partial charge in [0, 0.05) is 18.1 Å². The maximum absolute atomic E-state index is 12.0. The fraction of sp³-hybridized carbons (Fsp3) is 0.417. The lowest BCUT2D eigenvalue weighted by atomic mass is 10.1. The van der Waals surface area contributed by atoms with Crippen molar-refractivity contribution in [1.29, 1.82) is 5.26 Å². The molecular weight excluding hydrogens is 272 g/mol. The number of hydrogen-bond donors (Lipinski definition) is 0. The first-order valence-electron chi connectivity index (χ1n) is 5.43. The quantitative estimate of drug-likeness (QED) is 0.855. The second-order valence-corrected chi connectivity index (χ2v) is 6.75. The van der Waals surface area contributed by atoms with E-state index in [2.05, 4.69) is 0 Å². The molecule has 0 heterocycles. The van der Waals surface area contributed by atoms with Gasteiger partial charge < -0.3 is 0 Å². The van der Waals surface area contributed by atoms with Gasteiger partial charge in [0.15, 0.2) is 5.25 Å². The van der Waals surface area contributed by atoms with Crippen LogP contribution in [0.2, 0.25) is 5.02 Å². The number of sulfonamides is 1. The smallest absolute Gasteiger partial charge is 0.211 e. The van der Waals surface area contributed by atoms with Crippen LogP contribution in [0.5, 0.6) is 0 Å². The SMILES string of the molecule is CC(c1ccccc1Cl)N(C)S(=O)(=O)C(C)C#N. The Bertz CT molecular complexity index is 566. The van der Waals surface area contributed by atoms with Crippen molar-refractivity contribution in [2.75, 3.05) is 7.05 Å². The van der Waals surface area contributed by atoms with Crippen molar-refractivity contribution < 1.29 is 8.42 Å². The first-order valence-corrected chi connectivity index (χ1v) is 7.31. The lowest BCUT2D eigenvalue weighted by molar-refractivity contribution is 0.396. The molecule has 2 unspecified atom stereocenters. The van der Waals surface area contributed by atoms with Crippen LogP contribution >= 0.6 is 11.6 Å². The largest absolute Gasteiger partial charge is 0.230 e. The first-order chi connectivity index (χ1) is 8.32. The van der Waals surface area contributed by atoms with Crippen molar-refractivity contribution >= 4 is 21.6 Å². The maximum Gasteiger partial charge on any atom is 0.230 e. The molecule has 0 amide bonds. The Morgan fingerprint density at radius 3 is 2.39 bits per heavy atom. The van der Waals surface area contributed by atoms with Crippen molar-refractivity contribution in [3.8, 4) is 6.07 Å². The van der Waals surface area contributed by atoms with E-state index in [9.17, 15) is 8.42 Å².